The van der Waals surface area contributed by atoms with E-state index in [1.54, 1.807) is 23.7 Å². The van der Waals surface area contributed by atoms with Gasteiger partial charge in [-0.2, -0.15) is 4.31 Å². The van der Waals surface area contributed by atoms with E-state index in [1.165, 1.54) is 27.8 Å². The Morgan fingerprint density at radius 1 is 1.26 bits per heavy atom. The van der Waals surface area contributed by atoms with Crippen molar-refractivity contribution in [3.63, 3.8) is 0 Å². The fraction of sp³-hybridized carbons (Fsp3) is 0.286. The molecule has 0 radical (unpaired) electrons. The Labute approximate surface area is 138 Å². The zero-order valence-electron chi connectivity index (χ0n) is 12.1. The Kier molecular flexibility index (Phi) is 4.71. The third-order valence-electron chi connectivity index (χ3n) is 3.37. The fourth-order valence-corrected chi connectivity index (χ4v) is 4.38. The van der Waals surface area contributed by atoms with Crippen molar-refractivity contribution in [2.45, 2.75) is 4.90 Å². The highest BCUT2D eigenvalue weighted by molar-refractivity contribution is 7.89. The lowest BCUT2D eigenvalue weighted by Crippen LogP contribution is -2.41. The second kappa shape index (κ2) is 6.75. The van der Waals surface area contributed by atoms with Gasteiger partial charge in [0.2, 0.25) is 10.0 Å². The third kappa shape index (κ3) is 3.42. The number of carbonyl (C=O) groups excluding carboxylic acids is 1. The predicted octanol–water partition coefficient (Wildman–Crippen LogP) is 1.42. The molecule has 0 aliphatic carbocycles. The van der Waals surface area contributed by atoms with E-state index in [4.69, 9.17) is 4.74 Å². The number of nitrogens with zero attached hydrogens (tertiary/aromatic N) is 2. The van der Waals surface area contributed by atoms with Crippen molar-refractivity contribution in [3.05, 3.63) is 41.4 Å². The Bertz CT molecular complexity index is 784. The largest absolute Gasteiger partial charge is 0.379 e. The van der Waals surface area contributed by atoms with Gasteiger partial charge in [-0.05, 0) is 12.1 Å². The Morgan fingerprint density at radius 2 is 2.00 bits per heavy atom. The van der Waals surface area contributed by atoms with Gasteiger partial charge in [-0.1, -0.05) is 12.1 Å². The summed E-state index contributed by atoms with van der Waals surface area (Å²) in [5.41, 5.74) is 0.106. The van der Waals surface area contributed by atoms with Crippen LogP contribution in [-0.2, 0) is 14.8 Å². The molecule has 1 aliphatic rings. The molecule has 0 spiro atoms. The van der Waals surface area contributed by atoms with E-state index in [0.717, 1.165) is 0 Å². The maximum Gasteiger partial charge on any atom is 0.258 e. The molecule has 9 heteroatoms. The molecule has 2 heterocycles. The molecule has 1 amide bonds. The van der Waals surface area contributed by atoms with Crippen LogP contribution in [0, 0.1) is 0 Å². The molecule has 0 bridgehead atoms. The van der Waals surface area contributed by atoms with Gasteiger partial charge in [-0.15, -0.1) is 11.3 Å². The molecule has 1 aromatic carbocycles. The summed E-state index contributed by atoms with van der Waals surface area (Å²) in [5.74, 6) is -0.493. The molecule has 1 N–H and O–H groups in total. The highest BCUT2D eigenvalue weighted by atomic mass is 32.2. The molecule has 0 unspecified atom stereocenters. The number of rotatable bonds is 4. The number of anilines is 1. The molecule has 2 aromatic rings. The molecular weight excluding hydrogens is 338 g/mol. The van der Waals surface area contributed by atoms with Gasteiger partial charge in [0.15, 0.2) is 5.13 Å². The van der Waals surface area contributed by atoms with Crippen molar-refractivity contribution in [2.24, 2.45) is 0 Å². The minimum Gasteiger partial charge on any atom is -0.379 e. The SMILES string of the molecule is O=C(Nc1nccs1)c1ccccc1S(=O)(=O)N1CCOCC1. The Hall–Kier alpha value is -1.81. The summed E-state index contributed by atoms with van der Waals surface area (Å²) in [7, 11) is -3.74. The van der Waals surface area contributed by atoms with Crippen molar-refractivity contribution in [2.75, 3.05) is 31.6 Å². The monoisotopic (exact) mass is 353 g/mol. The maximum absolute atomic E-state index is 12.8. The van der Waals surface area contributed by atoms with Crippen LogP contribution in [0.3, 0.4) is 0 Å². The molecule has 0 saturated carbocycles. The lowest BCUT2D eigenvalue weighted by molar-refractivity contribution is 0.0730. The summed E-state index contributed by atoms with van der Waals surface area (Å²) >= 11 is 1.27. The number of benzene rings is 1. The Morgan fingerprint density at radius 3 is 2.70 bits per heavy atom. The lowest BCUT2D eigenvalue weighted by Gasteiger charge is -2.26. The average Bonchev–Trinajstić information content (AvgIpc) is 3.08. The Balaban J connectivity index is 1.92. The molecule has 7 nitrogen and oxygen atoms in total. The molecule has 23 heavy (non-hydrogen) atoms. The van der Waals surface area contributed by atoms with Gasteiger partial charge >= 0.3 is 0 Å². The van der Waals surface area contributed by atoms with Crippen LogP contribution in [0.15, 0.2) is 40.7 Å². The highest BCUT2D eigenvalue weighted by Gasteiger charge is 2.30. The van der Waals surface area contributed by atoms with E-state index in [1.807, 2.05) is 0 Å². The lowest BCUT2D eigenvalue weighted by atomic mass is 10.2. The highest BCUT2D eigenvalue weighted by Crippen LogP contribution is 2.22. The standard InChI is InChI=1S/C14H15N3O4S2/c18-13(16-14-15-5-10-22-14)11-3-1-2-4-12(11)23(19,20)17-6-8-21-9-7-17/h1-5,10H,6-9H2,(H,15,16,18). The van der Waals surface area contributed by atoms with Crippen LogP contribution in [0.5, 0.6) is 0 Å². The second-order valence-corrected chi connectivity index (χ2v) is 7.60. The maximum atomic E-state index is 12.8. The number of amides is 1. The quantitative estimate of drug-likeness (QED) is 0.898. The van der Waals surface area contributed by atoms with Gasteiger partial charge < -0.3 is 4.74 Å². The van der Waals surface area contributed by atoms with Gasteiger partial charge in [0, 0.05) is 24.7 Å². The summed E-state index contributed by atoms with van der Waals surface area (Å²) in [6, 6.07) is 6.18. The predicted molar refractivity (Wildman–Crippen MR) is 86.1 cm³/mol. The zero-order chi connectivity index (χ0) is 16.3. The summed E-state index contributed by atoms with van der Waals surface area (Å²) in [6.45, 7) is 1.27. The van der Waals surface area contributed by atoms with Crippen LogP contribution in [0.2, 0.25) is 0 Å². The fourth-order valence-electron chi connectivity index (χ4n) is 2.25. The molecule has 3 rings (SSSR count). The smallest absolute Gasteiger partial charge is 0.258 e. The van der Waals surface area contributed by atoms with Crippen LogP contribution >= 0.6 is 11.3 Å². The summed E-state index contributed by atoms with van der Waals surface area (Å²) in [4.78, 5) is 16.4. The topological polar surface area (TPSA) is 88.6 Å². The average molecular weight is 353 g/mol. The van der Waals surface area contributed by atoms with Crippen molar-refractivity contribution >= 4 is 32.4 Å². The molecule has 1 aromatic heterocycles. The third-order valence-corrected chi connectivity index (χ3v) is 6.02. The first-order valence-electron chi connectivity index (χ1n) is 6.97. The molecule has 1 saturated heterocycles. The van der Waals surface area contributed by atoms with Crippen molar-refractivity contribution in [1.29, 1.82) is 0 Å². The van der Waals surface area contributed by atoms with E-state index in [0.29, 0.717) is 18.3 Å². The van der Waals surface area contributed by atoms with Crippen LogP contribution in [-0.4, -0.2) is 49.9 Å². The van der Waals surface area contributed by atoms with E-state index in [-0.39, 0.29) is 23.5 Å². The van der Waals surface area contributed by atoms with Gasteiger partial charge in [0.1, 0.15) is 0 Å². The van der Waals surface area contributed by atoms with E-state index >= 15 is 0 Å². The minimum atomic E-state index is -3.74. The number of nitrogens with one attached hydrogen (secondary N) is 1. The summed E-state index contributed by atoms with van der Waals surface area (Å²) in [5, 5.41) is 4.77. The minimum absolute atomic E-state index is 0.00374. The van der Waals surface area contributed by atoms with Gasteiger partial charge in [0.25, 0.3) is 5.91 Å². The molecule has 122 valence electrons. The molecule has 0 atom stereocenters. The normalized spacial score (nSPS) is 16.2. The van der Waals surface area contributed by atoms with E-state index in [2.05, 4.69) is 10.3 Å². The number of ether oxygens (including phenoxy) is 1. The summed E-state index contributed by atoms with van der Waals surface area (Å²) < 4.78 is 32.1. The molecule has 1 fully saturated rings. The molecule has 1 aliphatic heterocycles. The van der Waals surface area contributed by atoms with E-state index in [9.17, 15) is 13.2 Å². The number of hydrogen-bond acceptors (Lipinski definition) is 6. The van der Waals surface area contributed by atoms with Gasteiger partial charge in [0.05, 0.1) is 23.7 Å². The number of aromatic nitrogens is 1. The van der Waals surface area contributed by atoms with Crippen LogP contribution in [0.4, 0.5) is 5.13 Å². The van der Waals surface area contributed by atoms with Crippen LogP contribution in [0.25, 0.3) is 0 Å². The van der Waals surface area contributed by atoms with E-state index < -0.39 is 15.9 Å². The zero-order valence-corrected chi connectivity index (χ0v) is 13.8. The van der Waals surface area contributed by atoms with Crippen molar-refractivity contribution < 1.29 is 17.9 Å². The number of carbonyl (C=O) groups is 1. The van der Waals surface area contributed by atoms with Gasteiger partial charge in [-0.25, -0.2) is 13.4 Å². The van der Waals surface area contributed by atoms with Crippen molar-refractivity contribution in [1.82, 2.24) is 9.29 Å². The number of morpholine rings is 1. The number of sulfonamides is 1. The van der Waals surface area contributed by atoms with Crippen molar-refractivity contribution in [3.8, 4) is 0 Å². The first-order valence-corrected chi connectivity index (χ1v) is 9.29. The first kappa shape index (κ1) is 16.1. The first-order chi connectivity index (χ1) is 11.1. The van der Waals surface area contributed by atoms with Gasteiger partial charge in [-0.3, -0.25) is 10.1 Å². The second-order valence-electron chi connectivity index (χ2n) is 4.80. The van der Waals surface area contributed by atoms with Crippen LogP contribution in [0.1, 0.15) is 10.4 Å². The number of thiazole rings is 1. The number of hydrogen-bond donors (Lipinski definition) is 1. The summed E-state index contributed by atoms with van der Waals surface area (Å²) in [6.07, 6.45) is 1.57. The van der Waals surface area contributed by atoms with Crippen LogP contribution < -0.4 is 5.32 Å². The molecular formula is C14H15N3O4S2.